The van der Waals surface area contributed by atoms with Gasteiger partial charge in [0.1, 0.15) is 12.1 Å². The highest BCUT2D eigenvalue weighted by atomic mass is 127. The van der Waals surface area contributed by atoms with Gasteiger partial charge in [0.2, 0.25) is 0 Å². The molecule has 0 radical (unpaired) electrons. The number of ether oxygens (including phenoxy) is 1. The minimum atomic E-state index is -1.34. The standard InChI is InChI=1S/C24H40INO5/c1-12-8-14(20(31-11-27)19(26)22(29)30)21(28)24(5)7-6-15-13(2)9-18(25)17(10-16(12)24)23(15,3)4/h11-21,28H,6-10,26H2,1-5H3,(H,29,30)/t12-,13-,14?,15+,16-,17-,18?,19?,20?,21?,24+/m1/s1. The fourth-order valence-electron chi connectivity index (χ4n) is 7.89. The summed E-state index contributed by atoms with van der Waals surface area (Å²) in [6.07, 6.45) is 3.12. The first-order valence-corrected chi connectivity index (χ1v) is 13.0. The molecule has 0 aromatic carbocycles. The van der Waals surface area contributed by atoms with Crippen LogP contribution in [0.25, 0.3) is 0 Å². The average Bonchev–Trinajstić information content (AvgIpc) is 2.66. The Morgan fingerprint density at radius 2 is 1.74 bits per heavy atom. The van der Waals surface area contributed by atoms with E-state index < -0.39 is 30.1 Å². The van der Waals surface area contributed by atoms with Crippen molar-refractivity contribution < 1.29 is 24.5 Å². The summed E-state index contributed by atoms with van der Waals surface area (Å²) >= 11 is 2.65. The quantitative estimate of drug-likeness (QED) is 0.273. The van der Waals surface area contributed by atoms with Gasteiger partial charge in [-0.1, -0.05) is 57.2 Å². The zero-order valence-corrected chi connectivity index (χ0v) is 21.6. The van der Waals surface area contributed by atoms with Gasteiger partial charge in [-0.05, 0) is 72.5 Å². The van der Waals surface area contributed by atoms with Crippen LogP contribution in [0.3, 0.4) is 0 Å². The van der Waals surface area contributed by atoms with Crippen LogP contribution in [0.2, 0.25) is 0 Å². The maximum atomic E-state index is 11.7. The van der Waals surface area contributed by atoms with E-state index in [0.717, 1.165) is 19.3 Å². The molecule has 0 aromatic heterocycles. The average molecular weight is 549 g/mol. The van der Waals surface area contributed by atoms with Crippen LogP contribution >= 0.6 is 22.6 Å². The van der Waals surface area contributed by atoms with Gasteiger partial charge >= 0.3 is 5.97 Å². The van der Waals surface area contributed by atoms with E-state index in [1.807, 2.05) is 0 Å². The molecule has 3 fully saturated rings. The first-order chi connectivity index (χ1) is 14.4. The summed E-state index contributed by atoms with van der Waals surface area (Å²) in [5.41, 5.74) is 5.81. The van der Waals surface area contributed by atoms with E-state index in [0.29, 0.717) is 34.0 Å². The van der Waals surface area contributed by atoms with E-state index in [1.165, 1.54) is 6.42 Å². The number of aliphatic hydroxyl groups excluding tert-OH is 1. The Hall–Kier alpha value is -0.410. The lowest BCUT2D eigenvalue weighted by molar-refractivity contribution is -0.178. The van der Waals surface area contributed by atoms with Crippen molar-refractivity contribution in [3.05, 3.63) is 0 Å². The van der Waals surface area contributed by atoms with E-state index in [-0.39, 0.29) is 23.2 Å². The molecule has 3 rings (SSSR count). The Kier molecular flexibility index (Phi) is 7.39. The van der Waals surface area contributed by atoms with Crippen LogP contribution in [0.15, 0.2) is 0 Å². The van der Waals surface area contributed by atoms with Crippen molar-refractivity contribution >= 4 is 35.0 Å². The summed E-state index contributed by atoms with van der Waals surface area (Å²) < 4.78 is 5.82. The zero-order chi connectivity index (χ0) is 23.3. The number of rotatable bonds is 5. The first-order valence-electron chi connectivity index (χ1n) is 11.8. The molecule has 0 aliphatic heterocycles. The molecule has 0 heterocycles. The van der Waals surface area contributed by atoms with Crippen LogP contribution in [0, 0.1) is 46.3 Å². The van der Waals surface area contributed by atoms with Crippen LogP contribution < -0.4 is 5.73 Å². The molecule has 0 saturated heterocycles. The van der Waals surface area contributed by atoms with Crippen LogP contribution in [0.4, 0.5) is 0 Å². The molecule has 2 bridgehead atoms. The van der Waals surface area contributed by atoms with Crippen molar-refractivity contribution in [2.24, 2.45) is 52.1 Å². The van der Waals surface area contributed by atoms with Gasteiger partial charge in [-0.25, -0.2) is 0 Å². The van der Waals surface area contributed by atoms with Crippen LogP contribution in [-0.2, 0) is 14.3 Å². The molecule has 5 unspecified atom stereocenters. The molecule has 11 atom stereocenters. The Balaban J connectivity index is 1.97. The molecule has 178 valence electrons. The van der Waals surface area contributed by atoms with E-state index in [4.69, 9.17) is 10.5 Å². The van der Waals surface area contributed by atoms with Crippen LogP contribution in [0.1, 0.15) is 66.7 Å². The highest BCUT2D eigenvalue weighted by molar-refractivity contribution is 14.1. The van der Waals surface area contributed by atoms with Crippen LogP contribution in [-0.4, -0.2) is 44.8 Å². The van der Waals surface area contributed by atoms with E-state index >= 15 is 0 Å². The van der Waals surface area contributed by atoms with Crippen LogP contribution in [0.5, 0.6) is 0 Å². The maximum absolute atomic E-state index is 11.7. The molecule has 3 aliphatic carbocycles. The molecular weight excluding hydrogens is 509 g/mol. The smallest absolute Gasteiger partial charge is 0.324 e. The summed E-state index contributed by atoms with van der Waals surface area (Å²) in [5, 5.41) is 21.1. The van der Waals surface area contributed by atoms with E-state index in [1.54, 1.807) is 0 Å². The molecule has 3 saturated carbocycles. The predicted molar refractivity (Wildman–Crippen MR) is 128 cm³/mol. The van der Waals surface area contributed by atoms with Gasteiger partial charge in [-0.2, -0.15) is 0 Å². The number of fused-ring (bicyclic) bond motifs is 3. The van der Waals surface area contributed by atoms with Crippen molar-refractivity contribution in [3.8, 4) is 0 Å². The summed E-state index contributed by atoms with van der Waals surface area (Å²) in [5.74, 6) is 0.775. The van der Waals surface area contributed by atoms with Crippen molar-refractivity contribution in [2.45, 2.75) is 88.9 Å². The Morgan fingerprint density at radius 3 is 2.32 bits per heavy atom. The highest BCUT2D eigenvalue weighted by Gasteiger charge is 2.58. The number of hydrogen-bond acceptors (Lipinski definition) is 5. The second-order valence-corrected chi connectivity index (χ2v) is 13.1. The third-order valence-electron chi connectivity index (χ3n) is 9.67. The number of halogens is 1. The molecule has 0 aromatic rings. The lowest BCUT2D eigenvalue weighted by atomic mass is 9.46. The predicted octanol–water partition coefficient (Wildman–Crippen LogP) is 3.87. The largest absolute Gasteiger partial charge is 0.480 e. The number of aliphatic hydroxyl groups is 1. The van der Waals surface area contributed by atoms with Crippen molar-refractivity contribution in [2.75, 3.05) is 0 Å². The van der Waals surface area contributed by atoms with Gasteiger partial charge in [0.05, 0.1) is 6.10 Å². The zero-order valence-electron chi connectivity index (χ0n) is 19.5. The number of carbonyl (C=O) groups excluding carboxylic acids is 1. The number of carboxylic acids is 1. The number of carbonyl (C=O) groups is 2. The normalized spacial score (nSPS) is 46.6. The minimum Gasteiger partial charge on any atom is -0.480 e. The van der Waals surface area contributed by atoms with Gasteiger partial charge in [0.25, 0.3) is 6.47 Å². The summed E-state index contributed by atoms with van der Waals surface area (Å²) in [6, 6.07) is -1.34. The molecule has 3 aliphatic rings. The summed E-state index contributed by atoms with van der Waals surface area (Å²) in [4.78, 5) is 22.7. The first kappa shape index (κ1) is 25.2. The van der Waals surface area contributed by atoms with Gasteiger partial charge < -0.3 is 20.7 Å². The van der Waals surface area contributed by atoms with Crippen molar-refractivity contribution in [3.63, 3.8) is 0 Å². The lowest BCUT2D eigenvalue weighted by Gasteiger charge is -2.60. The molecule has 31 heavy (non-hydrogen) atoms. The van der Waals surface area contributed by atoms with Gasteiger partial charge in [-0.15, -0.1) is 0 Å². The Labute approximate surface area is 200 Å². The number of nitrogens with two attached hydrogens (primary N) is 1. The third-order valence-corrected chi connectivity index (χ3v) is 11.0. The molecule has 7 heteroatoms. The number of carboxylic acid groups (broad SMARTS) is 1. The van der Waals surface area contributed by atoms with Crippen molar-refractivity contribution in [1.82, 2.24) is 0 Å². The third kappa shape index (κ3) is 4.27. The second-order valence-electron chi connectivity index (χ2n) is 11.5. The fraction of sp³-hybridized carbons (Fsp3) is 0.917. The molecule has 6 nitrogen and oxygen atoms in total. The number of hydrogen-bond donors (Lipinski definition) is 3. The minimum absolute atomic E-state index is 0.265. The molecule has 0 amide bonds. The number of alkyl halides is 1. The van der Waals surface area contributed by atoms with Gasteiger partial charge in [-0.3, -0.25) is 9.59 Å². The molecule has 4 N–H and O–H groups in total. The SMILES string of the molecule is C[C@@H]1CC(C(OC=O)C(N)C(=O)O)C(O)[C@@]2(C)CC[C@H]3[C@H](C)CC(I)[C@@H](C[C@H]12)C3(C)C. The monoisotopic (exact) mass is 549 g/mol. The van der Waals surface area contributed by atoms with Crippen molar-refractivity contribution in [1.29, 1.82) is 0 Å². The van der Waals surface area contributed by atoms with Gasteiger partial charge in [0.15, 0.2) is 0 Å². The highest BCUT2D eigenvalue weighted by Crippen LogP contribution is 2.62. The Bertz CT molecular complexity index is 687. The topological polar surface area (TPSA) is 110 Å². The number of aliphatic carboxylic acids is 1. The second kappa shape index (κ2) is 9.09. The summed E-state index contributed by atoms with van der Waals surface area (Å²) in [6.45, 7) is 11.9. The maximum Gasteiger partial charge on any atom is 0.324 e. The Morgan fingerprint density at radius 1 is 1.13 bits per heavy atom. The van der Waals surface area contributed by atoms with E-state index in [2.05, 4.69) is 57.2 Å². The molecule has 0 spiro atoms. The van der Waals surface area contributed by atoms with Gasteiger partial charge in [0, 0.05) is 9.84 Å². The summed E-state index contributed by atoms with van der Waals surface area (Å²) in [7, 11) is 0. The van der Waals surface area contributed by atoms with E-state index in [9.17, 15) is 19.8 Å². The lowest BCUT2D eigenvalue weighted by Crippen LogP contribution is -2.61. The fourth-order valence-corrected chi connectivity index (χ4v) is 9.91. The molecular formula is C24H40INO5.